The molecule has 98 valence electrons. The third kappa shape index (κ3) is 1.99. The lowest BCUT2D eigenvalue weighted by molar-refractivity contribution is 0.357. The first-order valence-corrected chi connectivity index (χ1v) is 6.20. The highest BCUT2D eigenvalue weighted by molar-refractivity contribution is 5.57. The summed E-state index contributed by atoms with van der Waals surface area (Å²) in [6, 6.07) is 3.77. The minimum Gasteiger partial charge on any atom is -0.239 e. The Labute approximate surface area is 111 Å². The maximum absolute atomic E-state index is 4.50. The van der Waals surface area contributed by atoms with Crippen molar-refractivity contribution in [1.82, 2.24) is 29.4 Å². The van der Waals surface area contributed by atoms with Crippen LogP contribution < -0.4 is 0 Å². The molecule has 19 heavy (non-hydrogen) atoms. The van der Waals surface area contributed by atoms with Crippen LogP contribution >= 0.6 is 0 Å². The van der Waals surface area contributed by atoms with E-state index in [-0.39, 0.29) is 5.54 Å². The second kappa shape index (κ2) is 3.88. The predicted molar refractivity (Wildman–Crippen MR) is 71.7 cm³/mol. The highest BCUT2D eigenvalue weighted by Crippen LogP contribution is 2.23. The van der Waals surface area contributed by atoms with E-state index in [1.54, 1.807) is 10.7 Å². The van der Waals surface area contributed by atoms with E-state index in [2.05, 4.69) is 40.9 Å². The molecule has 0 amide bonds. The molecule has 0 saturated carbocycles. The van der Waals surface area contributed by atoms with Gasteiger partial charge in [-0.25, -0.2) is 19.2 Å². The van der Waals surface area contributed by atoms with Crippen LogP contribution in [0.1, 0.15) is 26.6 Å². The number of hydrogen-bond donors (Lipinski definition) is 0. The van der Waals surface area contributed by atoms with Gasteiger partial charge in [-0.2, -0.15) is 10.2 Å². The van der Waals surface area contributed by atoms with Crippen LogP contribution in [0.5, 0.6) is 0 Å². The van der Waals surface area contributed by atoms with Crippen LogP contribution in [0.4, 0.5) is 0 Å². The molecule has 0 aliphatic heterocycles. The van der Waals surface area contributed by atoms with E-state index in [9.17, 15) is 0 Å². The molecule has 0 unspecified atom stereocenters. The summed E-state index contributed by atoms with van der Waals surface area (Å²) in [5, 5.41) is 8.97. The molecule has 0 bridgehead atoms. The lowest BCUT2D eigenvalue weighted by Gasteiger charge is -2.20. The van der Waals surface area contributed by atoms with Gasteiger partial charge in [-0.15, -0.1) is 0 Å². The molecule has 3 aromatic heterocycles. The smallest absolute Gasteiger partial charge is 0.179 e. The van der Waals surface area contributed by atoms with Gasteiger partial charge in [0.2, 0.25) is 0 Å². The lowest BCUT2D eigenvalue weighted by Crippen LogP contribution is -2.24. The Balaban J connectivity index is 2.21. The van der Waals surface area contributed by atoms with Crippen LogP contribution in [-0.4, -0.2) is 29.4 Å². The molecule has 0 spiro atoms. The molecule has 0 N–H and O–H groups in total. The van der Waals surface area contributed by atoms with E-state index >= 15 is 0 Å². The van der Waals surface area contributed by atoms with Gasteiger partial charge >= 0.3 is 0 Å². The third-order valence-electron chi connectivity index (χ3n) is 2.81. The molecule has 6 nitrogen and oxygen atoms in total. The predicted octanol–water partition coefficient (Wildman–Crippen LogP) is 2.05. The third-order valence-corrected chi connectivity index (χ3v) is 2.81. The van der Waals surface area contributed by atoms with Gasteiger partial charge in [0, 0.05) is 18.5 Å². The molecule has 0 fully saturated rings. The molecule has 0 atom stereocenters. The van der Waals surface area contributed by atoms with Crippen LogP contribution in [-0.2, 0) is 5.54 Å². The fraction of sp³-hybridized carbons (Fsp3) is 0.385. The van der Waals surface area contributed by atoms with Crippen LogP contribution in [0, 0.1) is 6.92 Å². The number of fused-ring (bicyclic) bond motifs is 1. The van der Waals surface area contributed by atoms with E-state index in [0.29, 0.717) is 0 Å². The van der Waals surface area contributed by atoms with Gasteiger partial charge in [-0.05, 0) is 33.8 Å². The van der Waals surface area contributed by atoms with Gasteiger partial charge in [0.25, 0.3) is 0 Å². The summed E-state index contributed by atoms with van der Waals surface area (Å²) in [6.45, 7) is 8.18. The maximum atomic E-state index is 4.50. The van der Waals surface area contributed by atoms with Gasteiger partial charge in [0.1, 0.15) is 11.5 Å². The molecule has 6 heteroatoms. The first-order valence-electron chi connectivity index (χ1n) is 6.20. The molecule has 0 saturated heterocycles. The first kappa shape index (κ1) is 11.8. The summed E-state index contributed by atoms with van der Waals surface area (Å²) in [4.78, 5) is 8.76. The van der Waals surface area contributed by atoms with Gasteiger partial charge in [0.05, 0.1) is 5.54 Å². The molecule has 3 heterocycles. The van der Waals surface area contributed by atoms with Crippen molar-refractivity contribution in [3.8, 4) is 11.5 Å². The maximum Gasteiger partial charge on any atom is 0.179 e. The highest BCUT2D eigenvalue weighted by Gasteiger charge is 2.22. The number of rotatable bonds is 1. The van der Waals surface area contributed by atoms with Crippen molar-refractivity contribution in [2.75, 3.05) is 0 Å². The largest absolute Gasteiger partial charge is 0.239 e. The Kier molecular flexibility index (Phi) is 2.41. The van der Waals surface area contributed by atoms with Crippen LogP contribution in [0.2, 0.25) is 0 Å². The van der Waals surface area contributed by atoms with Crippen LogP contribution in [0.15, 0.2) is 24.5 Å². The van der Waals surface area contributed by atoms with Crippen LogP contribution in [0.25, 0.3) is 17.2 Å². The quantitative estimate of drug-likeness (QED) is 0.668. The molecule has 0 aliphatic carbocycles. The van der Waals surface area contributed by atoms with Gasteiger partial charge < -0.3 is 0 Å². The van der Waals surface area contributed by atoms with Crippen molar-refractivity contribution in [1.29, 1.82) is 0 Å². The second-order valence-corrected chi connectivity index (χ2v) is 5.52. The van der Waals surface area contributed by atoms with Crippen molar-refractivity contribution < 1.29 is 0 Å². The Morgan fingerprint density at radius 1 is 1.16 bits per heavy atom. The van der Waals surface area contributed by atoms with Gasteiger partial charge in [0.15, 0.2) is 11.5 Å². The summed E-state index contributed by atoms with van der Waals surface area (Å²) < 4.78 is 3.65. The van der Waals surface area contributed by atoms with Crippen molar-refractivity contribution in [3.63, 3.8) is 0 Å². The van der Waals surface area contributed by atoms with Crippen molar-refractivity contribution in [2.45, 2.75) is 33.2 Å². The zero-order chi connectivity index (χ0) is 13.6. The molecule has 0 aliphatic rings. The minimum absolute atomic E-state index is 0.139. The normalized spacial score (nSPS) is 12.2. The zero-order valence-electron chi connectivity index (χ0n) is 11.5. The minimum atomic E-state index is -0.139. The topological polar surface area (TPSA) is 60.9 Å². The average Bonchev–Trinajstić information content (AvgIpc) is 2.90. The van der Waals surface area contributed by atoms with E-state index < -0.39 is 0 Å². The Hall–Kier alpha value is -2.24. The number of aryl methyl sites for hydroxylation is 1. The van der Waals surface area contributed by atoms with Crippen molar-refractivity contribution >= 4 is 5.65 Å². The molecule has 3 rings (SSSR count). The van der Waals surface area contributed by atoms with Gasteiger partial charge in [-0.1, -0.05) is 0 Å². The Morgan fingerprint density at radius 3 is 2.63 bits per heavy atom. The lowest BCUT2D eigenvalue weighted by atomic mass is 10.1. The summed E-state index contributed by atoms with van der Waals surface area (Å²) in [5.74, 6) is 1.52. The van der Waals surface area contributed by atoms with E-state index in [1.807, 2.05) is 29.9 Å². The highest BCUT2D eigenvalue weighted by atomic mass is 15.4. The van der Waals surface area contributed by atoms with Crippen molar-refractivity contribution in [2.24, 2.45) is 0 Å². The summed E-state index contributed by atoms with van der Waals surface area (Å²) in [6.07, 6.45) is 3.62. The summed E-state index contributed by atoms with van der Waals surface area (Å²) >= 11 is 0. The van der Waals surface area contributed by atoms with E-state index in [4.69, 9.17) is 0 Å². The standard InChI is InChI=1S/C13H16N6/c1-9-15-12(19(16-9)13(2,3)4)10-8-11-14-6-5-7-18(11)17-10/h5-8H,1-4H3. The summed E-state index contributed by atoms with van der Waals surface area (Å²) in [5.41, 5.74) is 1.45. The SMILES string of the molecule is Cc1nc(-c2cc3ncccn3n2)n(C(C)(C)C)n1. The second-order valence-electron chi connectivity index (χ2n) is 5.52. The molecule has 3 aromatic rings. The summed E-state index contributed by atoms with van der Waals surface area (Å²) in [7, 11) is 0. The molecule has 0 radical (unpaired) electrons. The molecular formula is C13H16N6. The number of hydrogen-bond acceptors (Lipinski definition) is 4. The Morgan fingerprint density at radius 2 is 1.95 bits per heavy atom. The number of aromatic nitrogens is 6. The van der Waals surface area contributed by atoms with E-state index in [0.717, 1.165) is 23.0 Å². The number of nitrogens with zero attached hydrogens (tertiary/aromatic N) is 6. The van der Waals surface area contributed by atoms with Crippen molar-refractivity contribution in [3.05, 3.63) is 30.4 Å². The fourth-order valence-electron chi connectivity index (χ4n) is 1.99. The fourth-order valence-corrected chi connectivity index (χ4v) is 1.99. The molecular weight excluding hydrogens is 240 g/mol. The van der Waals surface area contributed by atoms with Crippen LogP contribution in [0.3, 0.4) is 0 Å². The first-order chi connectivity index (χ1) is 8.95. The zero-order valence-corrected chi connectivity index (χ0v) is 11.5. The van der Waals surface area contributed by atoms with Gasteiger partial charge in [-0.3, -0.25) is 0 Å². The monoisotopic (exact) mass is 256 g/mol. The Bertz CT molecular complexity index is 698. The van der Waals surface area contributed by atoms with E-state index in [1.165, 1.54) is 0 Å². The molecule has 0 aromatic carbocycles. The average molecular weight is 256 g/mol.